The molecule has 1 amide bonds. The Morgan fingerprint density at radius 2 is 2.00 bits per heavy atom. The summed E-state index contributed by atoms with van der Waals surface area (Å²) < 4.78 is 0. The zero-order chi connectivity index (χ0) is 17.7. The van der Waals surface area contributed by atoms with Crippen LogP contribution in [-0.2, 0) is 4.79 Å². The Morgan fingerprint density at radius 3 is 2.58 bits per heavy atom. The second kappa shape index (κ2) is 7.87. The molecule has 24 heavy (non-hydrogen) atoms. The molecule has 6 N–H and O–H groups in total. The lowest BCUT2D eigenvalue weighted by atomic mass is 9.99. The normalized spacial score (nSPS) is 11.9. The number of H-pyrrole nitrogens is 1. The van der Waals surface area contributed by atoms with Crippen LogP contribution in [0.25, 0.3) is 0 Å². The van der Waals surface area contributed by atoms with Gasteiger partial charge in [-0.15, -0.1) is 0 Å². The van der Waals surface area contributed by atoms with Crippen LogP contribution in [0.15, 0.2) is 34.2 Å². The summed E-state index contributed by atoms with van der Waals surface area (Å²) in [6.07, 6.45) is 1.07. The second-order valence-electron chi connectivity index (χ2n) is 5.44. The molecule has 0 saturated heterocycles. The molecule has 8 heteroatoms. The number of carbonyl (C=O) groups is 1. The molecule has 1 heterocycles. The molecule has 7 nitrogen and oxygen atoms in total. The van der Waals surface area contributed by atoms with Gasteiger partial charge in [-0.25, -0.2) is 4.98 Å². The maximum Gasteiger partial charge on any atom is 0.276 e. The van der Waals surface area contributed by atoms with Crippen molar-refractivity contribution >= 4 is 34.9 Å². The van der Waals surface area contributed by atoms with E-state index in [-0.39, 0.29) is 28.3 Å². The molecule has 1 aromatic carbocycles. The number of hydrogen-bond acceptors (Lipinski definition) is 6. The molecular formula is C16H21N5O2S. The lowest BCUT2D eigenvalue weighted by molar-refractivity contribution is -0.113. The maximum atomic E-state index is 12.0. The van der Waals surface area contributed by atoms with Crippen LogP contribution < -0.4 is 22.3 Å². The van der Waals surface area contributed by atoms with Gasteiger partial charge < -0.3 is 16.8 Å². The summed E-state index contributed by atoms with van der Waals surface area (Å²) in [5.41, 5.74) is 12.3. The summed E-state index contributed by atoms with van der Waals surface area (Å²) in [5.74, 6) is 0.347. The smallest absolute Gasteiger partial charge is 0.276 e. The summed E-state index contributed by atoms with van der Waals surface area (Å²) in [6, 6.07) is 7.78. The third kappa shape index (κ3) is 4.51. The van der Waals surface area contributed by atoms with Crippen LogP contribution in [0.4, 0.5) is 17.2 Å². The van der Waals surface area contributed by atoms with E-state index in [0.717, 1.165) is 23.9 Å². The van der Waals surface area contributed by atoms with E-state index in [0.29, 0.717) is 5.92 Å². The zero-order valence-electron chi connectivity index (χ0n) is 13.6. The van der Waals surface area contributed by atoms with E-state index in [4.69, 9.17) is 11.5 Å². The summed E-state index contributed by atoms with van der Waals surface area (Å²) in [6.45, 7) is 4.30. The summed E-state index contributed by atoms with van der Waals surface area (Å²) >= 11 is 1.08. The first-order chi connectivity index (χ1) is 11.4. The van der Waals surface area contributed by atoms with E-state index < -0.39 is 5.56 Å². The molecule has 128 valence electrons. The fraction of sp³-hybridized carbons (Fsp3) is 0.312. The highest BCUT2D eigenvalue weighted by Gasteiger charge is 2.09. The van der Waals surface area contributed by atoms with E-state index in [9.17, 15) is 9.59 Å². The molecule has 0 saturated carbocycles. The molecule has 1 unspecified atom stereocenters. The van der Waals surface area contributed by atoms with Crippen LogP contribution in [0, 0.1) is 0 Å². The van der Waals surface area contributed by atoms with Gasteiger partial charge in [0, 0.05) is 5.69 Å². The number of carbonyl (C=O) groups excluding carboxylic acids is 1. The number of amides is 1. The lowest BCUT2D eigenvalue weighted by Gasteiger charge is -2.10. The lowest BCUT2D eigenvalue weighted by Crippen LogP contribution is -2.18. The topological polar surface area (TPSA) is 127 Å². The minimum Gasteiger partial charge on any atom is -0.391 e. The first-order valence-corrected chi connectivity index (χ1v) is 8.57. The number of nitrogens with two attached hydrogens (primary N) is 2. The third-order valence-corrected chi connectivity index (χ3v) is 4.55. The first-order valence-electron chi connectivity index (χ1n) is 7.58. The van der Waals surface area contributed by atoms with Crippen molar-refractivity contribution in [1.82, 2.24) is 9.97 Å². The summed E-state index contributed by atoms with van der Waals surface area (Å²) in [5, 5.41) is 3.06. The molecule has 2 aromatic rings. The first kappa shape index (κ1) is 17.9. The van der Waals surface area contributed by atoms with Crippen LogP contribution in [0.3, 0.4) is 0 Å². The number of hydrogen-bond donors (Lipinski definition) is 4. The van der Waals surface area contributed by atoms with Gasteiger partial charge in [0.15, 0.2) is 11.0 Å². The van der Waals surface area contributed by atoms with Crippen LogP contribution in [0.1, 0.15) is 31.7 Å². The van der Waals surface area contributed by atoms with E-state index in [1.54, 1.807) is 0 Å². The average molecular weight is 347 g/mol. The van der Waals surface area contributed by atoms with Crippen LogP contribution >= 0.6 is 11.8 Å². The van der Waals surface area contributed by atoms with Gasteiger partial charge in [0.1, 0.15) is 5.69 Å². The third-order valence-electron chi connectivity index (χ3n) is 3.68. The van der Waals surface area contributed by atoms with Gasteiger partial charge >= 0.3 is 0 Å². The zero-order valence-corrected chi connectivity index (χ0v) is 14.4. The van der Waals surface area contributed by atoms with Crippen LogP contribution in [-0.4, -0.2) is 21.6 Å². The summed E-state index contributed by atoms with van der Waals surface area (Å²) in [7, 11) is 0. The number of thioether (sulfide) groups is 1. The minimum absolute atomic E-state index is 0.0395. The Balaban J connectivity index is 1.93. The maximum absolute atomic E-state index is 12.0. The van der Waals surface area contributed by atoms with E-state index >= 15 is 0 Å². The molecule has 0 bridgehead atoms. The van der Waals surface area contributed by atoms with Crippen molar-refractivity contribution in [3.05, 3.63) is 40.2 Å². The molecule has 0 aliphatic carbocycles. The second-order valence-corrected chi connectivity index (χ2v) is 6.40. The van der Waals surface area contributed by atoms with Gasteiger partial charge in [-0.1, -0.05) is 37.7 Å². The van der Waals surface area contributed by atoms with E-state index in [1.165, 1.54) is 5.56 Å². The van der Waals surface area contributed by atoms with Crippen molar-refractivity contribution in [1.29, 1.82) is 0 Å². The van der Waals surface area contributed by atoms with Gasteiger partial charge in [0.2, 0.25) is 5.91 Å². The van der Waals surface area contributed by atoms with Crippen molar-refractivity contribution in [2.24, 2.45) is 0 Å². The highest BCUT2D eigenvalue weighted by molar-refractivity contribution is 7.99. The largest absolute Gasteiger partial charge is 0.391 e. The van der Waals surface area contributed by atoms with E-state index in [2.05, 4.69) is 29.1 Å². The Hall–Kier alpha value is -2.48. The van der Waals surface area contributed by atoms with Crippen molar-refractivity contribution in [2.75, 3.05) is 22.5 Å². The van der Waals surface area contributed by atoms with Gasteiger partial charge in [-0.2, -0.15) is 0 Å². The molecule has 0 aliphatic heterocycles. The van der Waals surface area contributed by atoms with Crippen molar-refractivity contribution in [2.45, 2.75) is 31.3 Å². The molecule has 1 aromatic heterocycles. The molecular weight excluding hydrogens is 326 g/mol. The van der Waals surface area contributed by atoms with Crippen molar-refractivity contribution in [3.63, 3.8) is 0 Å². The predicted octanol–water partition coefficient (Wildman–Crippen LogP) is 2.18. The SMILES string of the molecule is CCC(C)c1ccc(NC(=O)CSc2nc(N)c(N)c(=O)[nH]2)cc1. The van der Waals surface area contributed by atoms with Gasteiger partial charge in [0.05, 0.1) is 5.75 Å². The standard InChI is InChI=1S/C16H21N5O2S/c1-3-9(2)10-4-6-11(7-5-10)19-12(22)8-24-16-20-14(18)13(17)15(23)21-16/h4-7,9H,3,8,17H2,1-2H3,(H,19,22)(H3,18,20,21,23). The summed E-state index contributed by atoms with van der Waals surface area (Å²) in [4.78, 5) is 29.9. The highest BCUT2D eigenvalue weighted by Crippen LogP contribution is 2.21. The number of nitrogens with zero attached hydrogens (tertiary/aromatic N) is 1. The number of anilines is 3. The van der Waals surface area contributed by atoms with Crippen molar-refractivity contribution < 1.29 is 4.79 Å². The van der Waals surface area contributed by atoms with Crippen molar-refractivity contribution in [3.8, 4) is 0 Å². The van der Waals surface area contributed by atoms with Crippen LogP contribution in [0.5, 0.6) is 0 Å². The molecule has 0 radical (unpaired) electrons. The molecule has 1 atom stereocenters. The number of aromatic amines is 1. The number of rotatable bonds is 6. The Kier molecular flexibility index (Phi) is 5.86. The molecule has 2 rings (SSSR count). The number of nitrogen functional groups attached to an aromatic ring is 2. The monoisotopic (exact) mass is 347 g/mol. The van der Waals surface area contributed by atoms with Crippen LogP contribution in [0.2, 0.25) is 0 Å². The Morgan fingerprint density at radius 1 is 1.33 bits per heavy atom. The van der Waals surface area contributed by atoms with E-state index in [1.807, 2.05) is 24.3 Å². The van der Waals surface area contributed by atoms with Gasteiger partial charge in [-0.05, 0) is 30.0 Å². The van der Waals surface area contributed by atoms with Gasteiger partial charge in [-0.3, -0.25) is 14.6 Å². The molecule has 0 aliphatic rings. The molecule has 0 fully saturated rings. The molecule has 0 spiro atoms. The number of nitrogens with one attached hydrogen (secondary N) is 2. The van der Waals surface area contributed by atoms with Gasteiger partial charge in [0.25, 0.3) is 5.56 Å². The number of benzene rings is 1. The minimum atomic E-state index is -0.508. The Bertz CT molecular complexity index is 773. The predicted molar refractivity (Wildman–Crippen MR) is 98.2 cm³/mol. The fourth-order valence-electron chi connectivity index (χ4n) is 2.01. The number of aromatic nitrogens is 2. The quantitative estimate of drug-likeness (QED) is 0.468. The fourth-order valence-corrected chi connectivity index (χ4v) is 2.68. The Labute approximate surface area is 144 Å². The highest BCUT2D eigenvalue weighted by atomic mass is 32.2. The average Bonchev–Trinajstić information content (AvgIpc) is 2.57.